The molecule has 0 heterocycles. The molecule has 0 bridgehead atoms. The third-order valence-corrected chi connectivity index (χ3v) is 10.5. The maximum atomic E-state index is 13.0. The van der Waals surface area contributed by atoms with Gasteiger partial charge in [-0.25, -0.2) is 9.59 Å². The van der Waals surface area contributed by atoms with Gasteiger partial charge in [-0.3, -0.25) is 9.59 Å². The number of unbranched alkanes of at least 4 members (excludes halogenated alkanes) is 28. The molecule has 8 nitrogen and oxygen atoms in total. The van der Waals surface area contributed by atoms with Crippen LogP contribution >= 0.6 is 0 Å². The Labute approximate surface area is 351 Å². The van der Waals surface area contributed by atoms with Crippen LogP contribution in [0.4, 0.5) is 26.3 Å². The van der Waals surface area contributed by atoms with E-state index in [1.807, 2.05) is 0 Å². The van der Waals surface area contributed by atoms with Crippen LogP contribution in [0.3, 0.4) is 0 Å². The molecular formula is C45H78F6O8. The Balaban J connectivity index is 4.87. The zero-order valence-corrected chi connectivity index (χ0v) is 36.5. The summed E-state index contributed by atoms with van der Waals surface area (Å²) in [6.45, 7) is -0.0771. The molecule has 14 heteroatoms. The summed E-state index contributed by atoms with van der Waals surface area (Å²) >= 11 is 0. The molecule has 0 aliphatic carbocycles. The molecule has 0 saturated heterocycles. The summed E-state index contributed by atoms with van der Waals surface area (Å²) in [5.41, 5.74) is -2.24. The molecule has 0 aliphatic heterocycles. The Morgan fingerprint density at radius 2 is 0.525 bits per heavy atom. The lowest BCUT2D eigenvalue weighted by Crippen LogP contribution is -2.45. The topological polar surface area (TPSA) is 105 Å². The average Bonchev–Trinajstić information content (AvgIpc) is 3.19. The molecule has 0 saturated carbocycles. The van der Waals surface area contributed by atoms with Gasteiger partial charge in [0.1, 0.15) is 31.8 Å². The largest absolute Gasteiger partial charge is 0.490 e. The van der Waals surface area contributed by atoms with Crippen molar-refractivity contribution in [3.05, 3.63) is 0 Å². The summed E-state index contributed by atoms with van der Waals surface area (Å²) in [6.07, 6.45) is 22.3. The van der Waals surface area contributed by atoms with Crippen molar-refractivity contribution in [2.45, 2.75) is 232 Å². The zero-order chi connectivity index (χ0) is 44.1. The molecule has 59 heavy (non-hydrogen) atoms. The molecule has 0 spiro atoms. The zero-order valence-electron chi connectivity index (χ0n) is 36.5. The molecule has 0 radical (unpaired) electrons. The van der Waals surface area contributed by atoms with E-state index in [2.05, 4.69) is 23.3 Å². The highest BCUT2D eigenvalue weighted by Gasteiger charge is 2.47. The summed E-state index contributed by atoms with van der Waals surface area (Å²) < 4.78 is 97.0. The van der Waals surface area contributed by atoms with E-state index in [-0.39, 0.29) is 12.8 Å². The summed E-state index contributed by atoms with van der Waals surface area (Å²) in [7, 11) is 0. The first-order valence-corrected chi connectivity index (χ1v) is 23.0. The van der Waals surface area contributed by atoms with Crippen LogP contribution in [-0.2, 0) is 38.1 Å². The second-order valence-electron chi connectivity index (χ2n) is 16.4. The van der Waals surface area contributed by atoms with E-state index in [0.29, 0.717) is 25.7 Å². The molecule has 348 valence electrons. The molecule has 0 atom stereocenters. The third-order valence-electron chi connectivity index (χ3n) is 10.5. The SMILES string of the molecule is CCCCCCCCCCCCCCCCCC(=O)OCC(COC(=O)CCCCCCCCCCCCCCCCC)(COC(=O)C(F)(F)F)COC(=O)C(F)(F)F. The molecule has 0 N–H and O–H groups in total. The van der Waals surface area contributed by atoms with Gasteiger partial charge in [0.15, 0.2) is 0 Å². The van der Waals surface area contributed by atoms with Crippen LogP contribution in [0.2, 0.25) is 0 Å². The van der Waals surface area contributed by atoms with E-state index in [1.165, 1.54) is 116 Å². The number of hydrogen-bond acceptors (Lipinski definition) is 8. The highest BCUT2D eigenvalue weighted by molar-refractivity contribution is 5.76. The van der Waals surface area contributed by atoms with E-state index in [0.717, 1.165) is 51.4 Å². The molecule has 0 aliphatic rings. The molecule has 0 fully saturated rings. The quantitative estimate of drug-likeness (QED) is 0.0260. The fourth-order valence-electron chi connectivity index (χ4n) is 6.74. The van der Waals surface area contributed by atoms with Gasteiger partial charge in [-0.2, -0.15) is 26.3 Å². The van der Waals surface area contributed by atoms with Crippen molar-refractivity contribution in [2.24, 2.45) is 5.41 Å². The summed E-state index contributed by atoms with van der Waals surface area (Å²) in [5.74, 6) is -6.95. The Bertz CT molecular complexity index is 984. The van der Waals surface area contributed by atoms with Gasteiger partial charge in [0, 0.05) is 12.8 Å². The van der Waals surface area contributed by atoms with E-state index in [4.69, 9.17) is 9.47 Å². The van der Waals surface area contributed by atoms with Crippen molar-refractivity contribution >= 4 is 23.9 Å². The number of halogens is 6. The van der Waals surface area contributed by atoms with E-state index in [1.54, 1.807) is 0 Å². The van der Waals surface area contributed by atoms with Gasteiger partial charge >= 0.3 is 36.2 Å². The molecule has 0 aromatic rings. The van der Waals surface area contributed by atoms with E-state index in [9.17, 15) is 45.5 Å². The fraction of sp³-hybridized carbons (Fsp3) is 0.911. The second-order valence-corrected chi connectivity index (χ2v) is 16.4. The molecule has 0 rings (SSSR count). The van der Waals surface area contributed by atoms with Crippen LogP contribution in [0.5, 0.6) is 0 Å². The smallest absolute Gasteiger partial charge is 0.465 e. The van der Waals surface area contributed by atoms with Crippen LogP contribution in [0.1, 0.15) is 219 Å². The first-order chi connectivity index (χ1) is 28.2. The summed E-state index contributed by atoms with van der Waals surface area (Å²) in [5, 5.41) is 0. The lowest BCUT2D eigenvalue weighted by Gasteiger charge is -2.31. The standard InChI is InChI=1S/C45H78F6O8/c1-3-5-7-9-11-13-15-17-19-21-23-25-27-29-31-33-39(52)56-35-43(37-58-41(54)44(46,47)48,38-59-42(55)45(49,50)51)36-57-40(53)34-32-30-28-26-24-22-20-18-16-14-12-10-8-6-4-2/h3-38H2,1-2H3. The van der Waals surface area contributed by atoms with Crippen molar-refractivity contribution in [3.8, 4) is 0 Å². The predicted molar refractivity (Wildman–Crippen MR) is 217 cm³/mol. The monoisotopic (exact) mass is 861 g/mol. The fourth-order valence-corrected chi connectivity index (χ4v) is 6.74. The number of rotatable bonds is 40. The highest BCUT2D eigenvalue weighted by atomic mass is 19.4. The second kappa shape index (κ2) is 36.1. The lowest BCUT2D eigenvalue weighted by molar-refractivity contribution is -0.214. The van der Waals surface area contributed by atoms with Crippen molar-refractivity contribution in [2.75, 3.05) is 26.4 Å². The number of alkyl halides is 6. The van der Waals surface area contributed by atoms with Crippen LogP contribution in [0.25, 0.3) is 0 Å². The molecule has 0 unspecified atom stereocenters. The number of esters is 4. The number of carbonyl (C=O) groups excluding carboxylic acids is 4. The minimum Gasteiger partial charge on any atom is -0.465 e. The van der Waals surface area contributed by atoms with Crippen molar-refractivity contribution in [1.82, 2.24) is 0 Å². The Morgan fingerprint density at radius 3 is 0.746 bits per heavy atom. The van der Waals surface area contributed by atoms with Crippen molar-refractivity contribution < 1.29 is 64.5 Å². The minimum atomic E-state index is -5.46. The Hall–Kier alpha value is -2.54. The number of carbonyl (C=O) groups is 4. The van der Waals surface area contributed by atoms with Crippen LogP contribution in [0, 0.1) is 5.41 Å². The van der Waals surface area contributed by atoms with Gasteiger partial charge in [0.2, 0.25) is 0 Å². The Kier molecular flexibility index (Phi) is 34.6. The van der Waals surface area contributed by atoms with Gasteiger partial charge in [-0.1, -0.05) is 194 Å². The maximum absolute atomic E-state index is 13.0. The van der Waals surface area contributed by atoms with Crippen LogP contribution < -0.4 is 0 Å². The molecule has 0 aromatic carbocycles. The van der Waals surface area contributed by atoms with Gasteiger partial charge in [-0.05, 0) is 12.8 Å². The minimum absolute atomic E-state index is 0.0853. The third kappa shape index (κ3) is 34.8. The maximum Gasteiger partial charge on any atom is 0.490 e. The van der Waals surface area contributed by atoms with E-state index >= 15 is 0 Å². The first-order valence-electron chi connectivity index (χ1n) is 23.0. The van der Waals surface area contributed by atoms with Gasteiger partial charge in [-0.15, -0.1) is 0 Å². The van der Waals surface area contributed by atoms with Gasteiger partial charge < -0.3 is 18.9 Å². The lowest BCUT2D eigenvalue weighted by atomic mass is 9.92. The van der Waals surface area contributed by atoms with E-state index < -0.39 is 68.1 Å². The predicted octanol–water partition coefficient (Wildman–Crippen LogP) is 13.8. The van der Waals surface area contributed by atoms with Gasteiger partial charge in [0.25, 0.3) is 0 Å². The Morgan fingerprint density at radius 1 is 0.322 bits per heavy atom. The molecular weight excluding hydrogens is 782 g/mol. The molecule has 0 aromatic heterocycles. The average molecular weight is 861 g/mol. The van der Waals surface area contributed by atoms with Crippen LogP contribution in [-0.4, -0.2) is 62.7 Å². The van der Waals surface area contributed by atoms with Crippen LogP contribution in [0.15, 0.2) is 0 Å². The number of ether oxygens (including phenoxy) is 4. The number of hydrogen-bond donors (Lipinski definition) is 0. The first kappa shape index (κ1) is 56.5. The summed E-state index contributed by atoms with van der Waals surface area (Å²) in [4.78, 5) is 48.4. The van der Waals surface area contributed by atoms with Crippen molar-refractivity contribution in [3.63, 3.8) is 0 Å². The highest BCUT2D eigenvalue weighted by Crippen LogP contribution is 2.27. The van der Waals surface area contributed by atoms with Gasteiger partial charge in [0.05, 0.1) is 0 Å². The molecule has 0 amide bonds. The normalized spacial score (nSPS) is 12.1. The van der Waals surface area contributed by atoms with Crippen molar-refractivity contribution in [1.29, 1.82) is 0 Å². The summed E-state index contributed by atoms with van der Waals surface area (Å²) in [6, 6.07) is 0.